The van der Waals surface area contributed by atoms with Gasteiger partial charge in [0.2, 0.25) is 10.0 Å². The van der Waals surface area contributed by atoms with Crippen LogP contribution in [0.15, 0.2) is 65.6 Å². The van der Waals surface area contributed by atoms with E-state index in [0.29, 0.717) is 23.9 Å². The molecule has 0 unspecified atom stereocenters. The monoisotopic (exact) mass is 450 g/mol. The molecule has 168 valence electrons. The van der Waals surface area contributed by atoms with Gasteiger partial charge in [0, 0.05) is 38.1 Å². The summed E-state index contributed by atoms with van der Waals surface area (Å²) in [4.78, 5) is 2.95. The third-order valence-corrected chi connectivity index (χ3v) is 8.92. The Bertz CT molecular complexity index is 1210. The highest BCUT2D eigenvalue weighted by atomic mass is 32.2. The highest BCUT2D eigenvalue weighted by Gasteiger charge is 2.31. The first-order chi connectivity index (χ1) is 15.5. The quantitative estimate of drug-likeness (QED) is 0.581. The van der Waals surface area contributed by atoms with Crippen LogP contribution in [0.3, 0.4) is 0 Å². The van der Waals surface area contributed by atoms with Crippen molar-refractivity contribution in [2.24, 2.45) is 5.92 Å². The van der Waals surface area contributed by atoms with Gasteiger partial charge in [0.05, 0.1) is 12.0 Å². The normalized spacial score (nSPS) is 18.5. The van der Waals surface area contributed by atoms with E-state index >= 15 is 0 Å². The molecule has 0 N–H and O–H groups in total. The minimum Gasteiger partial charge on any atom is -0.497 e. The Kier molecular flexibility index (Phi) is 5.93. The third-order valence-electron chi connectivity index (χ3n) is 6.96. The summed E-state index contributed by atoms with van der Waals surface area (Å²) >= 11 is 0. The van der Waals surface area contributed by atoms with Crippen LogP contribution in [-0.4, -0.2) is 50.9 Å². The van der Waals surface area contributed by atoms with Gasteiger partial charge in [-0.15, -0.1) is 0 Å². The highest BCUT2D eigenvalue weighted by molar-refractivity contribution is 7.89. The number of sulfonamides is 1. The van der Waals surface area contributed by atoms with Crippen LogP contribution in [-0.2, 0) is 23.0 Å². The summed E-state index contributed by atoms with van der Waals surface area (Å²) in [5.41, 5.74) is 2.77. The Morgan fingerprint density at radius 1 is 0.938 bits per heavy atom. The molecule has 0 atom stereocenters. The van der Waals surface area contributed by atoms with Crippen LogP contribution in [0.4, 0.5) is 0 Å². The highest BCUT2D eigenvalue weighted by Crippen LogP contribution is 2.30. The van der Waals surface area contributed by atoms with Gasteiger partial charge in [0.15, 0.2) is 0 Å². The van der Waals surface area contributed by atoms with Gasteiger partial charge in [-0.25, -0.2) is 8.42 Å². The summed E-state index contributed by atoms with van der Waals surface area (Å²) in [5, 5.41) is 1.77. The van der Waals surface area contributed by atoms with Crippen molar-refractivity contribution < 1.29 is 13.2 Å². The Morgan fingerprint density at radius 2 is 1.72 bits per heavy atom. The Morgan fingerprint density at radius 3 is 2.53 bits per heavy atom. The molecule has 0 radical (unpaired) electrons. The number of fused-ring (bicyclic) bond motifs is 2. The predicted octanol–water partition coefficient (Wildman–Crippen LogP) is 4.31. The van der Waals surface area contributed by atoms with Crippen molar-refractivity contribution in [3.63, 3.8) is 0 Å². The van der Waals surface area contributed by atoms with Crippen molar-refractivity contribution >= 4 is 20.8 Å². The molecule has 0 spiro atoms. The SMILES string of the molecule is COc1ccc2c(c1)CCN(CC1CCN(S(=O)(=O)c3cccc4ccccc34)CC1)C2. The van der Waals surface area contributed by atoms with Crippen molar-refractivity contribution in [2.45, 2.75) is 30.7 Å². The molecule has 1 saturated heterocycles. The van der Waals surface area contributed by atoms with Crippen LogP contribution in [0.1, 0.15) is 24.0 Å². The minimum absolute atomic E-state index is 0.428. The first-order valence-corrected chi connectivity index (χ1v) is 12.8. The van der Waals surface area contributed by atoms with E-state index in [1.807, 2.05) is 42.5 Å². The van der Waals surface area contributed by atoms with E-state index in [4.69, 9.17) is 4.74 Å². The van der Waals surface area contributed by atoms with Gasteiger partial charge in [-0.05, 0) is 59.9 Å². The first kappa shape index (κ1) is 21.4. The second kappa shape index (κ2) is 8.85. The van der Waals surface area contributed by atoms with Crippen LogP contribution in [0.5, 0.6) is 5.75 Å². The smallest absolute Gasteiger partial charge is 0.243 e. The fourth-order valence-corrected chi connectivity index (χ4v) is 6.81. The van der Waals surface area contributed by atoms with E-state index in [1.54, 1.807) is 17.5 Å². The van der Waals surface area contributed by atoms with Gasteiger partial charge in [-0.3, -0.25) is 4.90 Å². The standard InChI is InChI=1S/C26H30N2O3S/c1-31-24-10-9-23-19-27(14-13-22(23)17-24)18-20-11-15-28(16-12-20)32(29,30)26-8-4-6-21-5-2-3-7-25(21)26/h2-10,17,20H,11-16,18-19H2,1H3. The van der Waals surface area contributed by atoms with Crippen LogP contribution in [0, 0.1) is 5.92 Å². The Balaban J connectivity index is 1.22. The largest absolute Gasteiger partial charge is 0.497 e. The number of rotatable bonds is 5. The molecule has 2 aliphatic rings. The van der Waals surface area contributed by atoms with Gasteiger partial charge < -0.3 is 4.74 Å². The lowest BCUT2D eigenvalue weighted by Gasteiger charge is -2.36. The molecule has 3 aromatic carbocycles. The predicted molar refractivity (Wildman–Crippen MR) is 127 cm³/mol. The third kappa shape index (κ3) is 4.15. The molecule has 3 aromatic rings. The zero-order valence-electron chi connectivity index (χ0n) is 18.5. The van der Waals surface area contributed by atoms with Gasteiger partial charge >= 0.3 is 0 Å². The molecule has 0 amide bonds. The molecular formula is C26H30N2O3S. The maximum absolute atomic E-state index is 13.4. The lowest BCUT2D eigenvalue weighted by molar-refractivity contribution is 0.171. The van der Waals surface area contributed by atoms with Crippen molar-refractivity contribution in [3.8, 4) is 5.75 Å². The molecule has 0 aromatic heterocycles. The van der Waals surface area contributed by atoms with Crippen molar-refractivity contribution in [2.75, 3.05) is 33.3 Å². The summed E-state index contributed by atoms with van der Waals surface area (Å²) in [7, 11) is -1.77. The molecule has 32 heavy (non-hydrogen) atoms. The zero-order chi connectivity index (χ0) is 22.1. The summed E-state index contributed by atoms with van der Waals surface area (Å²) in [6.45, 7) is 4.24. The number of methoxy groups -OCH3 is 1. The average molecular weight is 451 g/mol. The Hall–Kier alpha value is -2.41. The first-order valence-electron chi connectivity index (χ1n) is 11.4. The van der Waals surface area contributed by atoms with E-state index < -0.39 is 10.0 Å². The number of benzene rings is 3. The minimum atomic E-state index is -3.48. The molecule has 0 saturated carbocycles. The zero-order valence-corrected chi connectivity index (χ0v) is 19.4. The average Bonchev–Trinajstić information content (AvgIpc) is 2.83. The maximum Gasteiger partial charge on any atom is 0.243 e. The van der Waals surface area contributed by atoms with Gasteiger partial charge in [0.25, 0.3) is 0 Å². The number of ether oxygens (including phenoxy) is 1. The van der Waals surface area contributed by atoms with E-state index in [-0.39, 0.29) is 0 Å². The second-order valence-corrected chi connectivity index (χ2v) is 10.9. The summed E-state index contributed by atoms with van der Waals surface area (Å²) in [6.07, 6.45) is 2.87. The van der Waals surface area contributed by atoms with E-state index in [1.165, 1.54) is 11.1 Å². The van der Waals surface area contributed by atoms with Gasteiger partial charge in [-0.1, -0.05) is 42.5 Å². The molecule has 1 fully saturated rings. The molecule has 5 nitrogen and oxygen atoms in total. The van der Waals surface area contributed by atoms with Crippen LogP contribution < -0.4 is 4.74 Å². The molecule has 2 heterocycles. The maximum atomic E-state index is 13.4. The molecule has 2 aliphatic heterocycles. The van der Waals surface area contributed by atoms with Gasteiger partial charge in [0.1, 0.15) is 5.75 Å². The summed E-state index contributed by atoms with van der Waals surface area (Å²) < 4.78 is 33.8. The lowest BCUT2D eigenvalue weighted by Crippen LogP contribution is -2.42. The van der Waals surface area contributed by atoms with E-state index in [2.05, 4.69) is 17.0 Å². The number of hydrogen-bond donors (Lipinski definition) is 0. The number of nitrogens with zero attached hydrogens (tertiary/aromatic N) is 2. The van der Waals surface area contributed by atoms with E-state index in [9.17, 15) is 8.42 Å². The lowest BCUT2D eigenvalue weighted by atomic mass is 9.94. The molecular weight excluding hydrogens is 420 g/mol. The molecule has 0 aliphatic carbocycles. The van der Waals surface area contributed by atoms with Crippen molar-refractivity contribution in [1.82, 2.24) is 9.21 Å². The van der Waals surface area contributed by atoms with Crippen LogP contribution in [0.25, 0.3) is 10.8 Å². The summed E-state index contributed by atoms with van der Waals surface area (Å²) in [5.74, 6) is 1.46. The van der Waals surface area contributed by atoms with Gasteiger partial charge in [-0.2, -0.15) is 4.31 Å². The summed E-state index contributed by atoms with van der Waals surface area (Å²) in [6, 6.07) is 19.6. The topological polar surface area (TPSA) is 49.9 Å². The molecule has 0 bridgehead atoms. The molecule has 6 heteroatoms. The Labute approximate surface area is 190 Å². The van der Waals surface area contributed by atoms with Crippen molar-refractivity contribution in [3.05, 3.63) is 71.8 Å². The van der Waals surface area contributed by atoms with E-state index in [0.717, 1.165) is 55.4 Å². The number of hydrogen-bond acceptors (Lipinski definition) is 4. The number of piperidine rings is 1. The second-order valence-electron chi connectivity index (χ2n) is 8.94. The fraction of sp³-hybridized carbons (Fsp3) is 0.385. The van der Waals surface area contributed by atoms with Crippen molar-refractivity contribution in [1.29, 1.82) is 0 Å². The molecule has 5 rings (SSSR count). The van der Waals surface area contributed by atoms with Crippen LogP contribution >= 0.6 is 0 Å². The van der Waals surface area contributed by atoms with Crippen LogP contribution in [0.2, 0.25) is 0 Å². The fourth-order valence-electron chi connectivity index (χ4n) is 5.13.